The Kier molecular flexibility index (Phi) is 6.81. The van der Waals surface area contributed by atoms with Crippen LogP contribution in [0.2, 0.25) is 0 Å². The van der Waals surface area contributed by atoms with E-state index in [0.29, 0.717) is 23.9 Å². The van der Waals surface area contributed by atoms with Gasteiger partial charge in [0.2, 0.25) is 0 Å². The molecule has 0 saturated carbocycles. The van der Waals surface area contributed by atoms with Crippen LogP contribution in [0.15, 0.2) is 52.4 Å². The van der Waals surface area contributed by atoms with Gasteiger partial charge in [0.05, 0.1) is 17.2 Å². The fraction of sp³-hybridized carbons (Fsp3) is 0.353. The molecule has 1 heterocycles. The second kappa shape index (κ2) is 8.84. The van der Waals surface area contributed by atoms with E-state index in [1.807, 2.05) is 0 Å². The van der Waals surface area contributed by atoms with Gasteiger partial charge in [0.25, 0.3) is 0 Å². The van der Waals surface area contributed by atoms with Crippen molar-refractivity contribution in [3.63, 3.8) is 0 Å². The van der Waals surface area contributed by atoms with E-state index in [0.717, 1.165) is 6.42 Å². The highest BCUT2D eigenvalue weighted by atomic mass is 32.2. The lowest BCUT2D eigenvalue weighted by Gasteiger charge is -2.11. The summed E-state index contributed by atoms with van der Waals surface area (Å²) in [6, 6.07) is 12.7. The van der Waals surface area contributed by atoms with Gasteiger partial charge >= 0.3 is 0 Å². The van der Waals surface area contributed by atoms with E-state index < -0.39 is 9.84 Å². The standard InChI is InChI=1S/C17H23N3O2S2/c1-3-14-9-10-15(23-14)13-20-17(18-2)19-11-12-24(21,22)16-7-5-4-6-8-16/h4-10H,3,11-13H2,1-2H3,(H2,18,19,20). The van der Waals surface area contributed by atoms with Crippen molar-refractivity contribution in [1.29, 1.82) is 0 Å². The molecule has 24 heavy (non-hydrogen) atoms. The molecule has 0 saturated heterocycles. The minimum atomic E-state index is -3.27. The quantitative estimate of drug-likeness (QED) is 0.584. The molecule has 5 nitrogen and oxygen atoms in total. The Labute approximate surface area is 147 Å². The smallest absolute Gasteiger partial charge is 0.191 e. The molecule has 2 N–H and O–H groups in total. The van der Waals surface area contributed by atoms with Crippen LogP contribution in [-0.4, -0.2) is 33.7 Å². The number of aliphatic imine (C=N–C) groups is 1. The van der Waals surface area contributed by atoms with Gasteiger partial charge < -0.3 is 10.6 Å². The van der Waals surface area contributed by atoms with Crippen LogP contribution < -0.4 is 10.6 Å². The molecule has 0 atom stereocenters. The molecule has 0 amide bonds. The summed E-state index contributed by atoms with van der Waals surface area (Å²) in [4.78, 5) is 7.05. The number of hydrogen-bond acceptors (Lipinski definition) is 4. The van der Waals surface area contributed by atoms with Crippen molar-refractivity contribution in [3.05, 3.63) is 52.2 Å². The lowest BCUT2D eigenvalue weighted by atomic mass is 10.4. The highest BCUT2D eigenvalue weighted by Gasteiger charge is 2.13. The Hall–Kier alpha value is -1.86. The summed E-state index contributed by atoms with van der Waals surface area (Å²) in [5.74, 6) is 0.626. The summed E-state index contributed by atoms with van der Waals surface area (Å²) in [7, 11) is -1.60. The van der Waals surface area contributed by atoms with Crippen LogP contribution in [0.1, 0.15) is 16.7 Å². The molecular weight excluding hydrogens is 342 g/mol. The predicted octanol–water partition coefficient (Wildman–Crippen LogP) is 2.45. The summed E-state index contributed by atoms with van der Waals surface area (Å²) in [5, 5.41) is 6.25. The first kappa shape index (κ1) is 18.5. The Morgan fingerprint density at radius 1 is 1.08 bits per heavy atom. The molecule has 0 bridgehead atoms. The van der Waals surface area contributed by atoms with Crippen LogP contribution in [-0.2, 0) is 22.8 Å². The summed E-state index contributed by atoms with van der Waals surface area (Å²) in [6.45, 7) is 3.12. The third kappa shape index (κ3) is 5.35. The van der Waals surface area contributed by atoms with E-state index in [1.54, 1.807) is 48.7 Å². The first-order chi connectivity index (χ1) is 11.5. The molecule has 0 spiro atoms. The monoisotopic (exact) mass is 365 g/mol. The second-order valence-electron chi connectivity index (χ2n) is 5.21. The van der Waals surface area contributed by atoms with Gasteiger partial charge in [-0.3, -0.25) is 4.99 Å². The molecule has 0 unspecified atom stereocenters. The molecular formula is C17H23N3O2S2. The molecule has 0 aliphatic carbocycles. The number of sulfone groups is 1. The van der Waals surface area contributed by atoms with Crippen molar-refractivity contribution in [2.75, 3.05) is 19.3 Å². The van der Waals surface area contributed by atoms with Crippen LogP contribution in [0.3, 0.4) is 0 Å². The average Bonchev–Trinajstić information content (AvgIpc) is 3.06. The number of benzene rings is 1. The van der Waals surface area contributed by atoms with Crippen LogP contribution in [0.25, 0.3) is 0 Å². The predicted molar refractivity (Wildman–Crippen MR) is 100 cm³/mol. The maximum atomic E-state index is 12.2. The first-order valence-electron chi connectivity index (χ1n) is 7.85. The van der Waals surface area contributed by atoms with E-state index in [1.165, 1.54) is 9.75 Å². The molecule has 1 aromatic heterocycles. The van der Waals surface area contributed by atoms with Crippen molar-refractivity contribution in [1.82, 2.24) is 10.6 Å². The van der Waals surface area contributed by atoms with E-state index in [4.69, 9.17) is 0 Å². The van der Waals surface area contributed by atoms with E-state index in [9.17, 15) is 8.42 Å². The van der Waals surface area contributed by atoms with Gasteiger partial charge in [-0.15, -0.1) is 11.3 Å². The third-order valence-corrected chi connectivity index (χ3v) is 6.45. The Balaban J connectivity index is 1.81. The zero-order chi connectivity index (χ0) is 17.4. The van der Waals surface area contributed by atoms with Crippen LogP contribution >= 0.6 is 11.3 Å². The van der Waals surface area contributed by atoms with Crippen LogP contribution in [0.4, 0.5) is 0 Å². The molecule has 2 aromatic rings. The van der Waals surface area contributed by atoms with Gasteiger partial charge in [0, 0.05) is 23.3 Å². The van der Waals surface area contributed by atoms with E-state index in [-0.39, 0.29) is 5.75 Å². The fourth-order valence-corrected chi connectivity index (χ4v) is 4.22. The van der Waals surface area contributed by atoms with Gasteiger partial charge in [-0.25, -0.2) is 8.42 Å². The van der Waals surface area contributed by atoms with E-state index >= 15 is 0 Å². The van der Waals surface area contributed by atoms with Crippen LogP contribution in [0, 0.1) is 0 Å². The molecule has 7 heteroatoms. The summed E-state index contributed by atoms with van der Waals surface area (Å²) in [6.07, 6.45) is 1.04. The Morgan fingerprint density at radius 3 is 2.42 bits per heavy atom. The van der Waals surface area contributed by atoms with Crippen LogP contribution in [0.5, 0.6) is 0 Å². The van der Waals surface area contributed by atoms with Gasteiger partial charge in [-0.2, -0.15) is 0 Å². The second-order valence-corrected chi connectivity index (χ2v) is 8.57. The zero-order valence-corrected chi connectivity index (χ0v) is 15.6. The maximum absolute atomic E-state index is 12.2. The SMILES string of the molecule is CCc1ccc(CNC(=NC)NCCS(=O)(=O)c2ccccc2)s1. The summed E-state index contributed by atoms with van der Waals surface area (Å²) in [5.41, 5.74) is 0. The number of rotatable bonds is 7. The van der Waals surface area contributed by atoms with E-state index in [2.05, 4.69) is 34.7 Å². The molecule has 0 aliphatic heterocycles. The Morgan fingerprint density at radius 2 is 1.79 bits per heavy atom. The number of guanidine groups is 1. The number of nitrogens with zero attached hydrogens (tertiary/aromatic N) is 1. The summed E-state index contributed by atoms with van der Waals surface area (Å²) >= 11 is 1.77. The molecule has 0 aliphatic rings. The average molecular weight is 366 g/mol. The maximum Gasteiger partial charge on any atom is 0.191 e. The van der Waals surface area contributed by atoms with Crippen molar-refractivity contribution in [3.8, 4) is 0 Å². The van der Waals surface area contributed by atoms with Crippen molar-refractivity contribution in [2.24, 2.45) is 4.99 Å². The number of hydrogen-bond donors (Lipinski definition) is 2. The normalized spacial score (nSPS) is 12.2. The minimum Gasteiger partial charge on any atom is -0.355 e. The lowest BCUT2D eigenvalue weighted by Crippen LogP contribution is -2.39. The third-order valence-electron chi connectivity index (χ3n) is 3.48. The molecule has 2 rings (SSSR count). The fourth-order valence-electron chi connectivity index (χ4n) is 2.15. The van der Waals surface area contributed by atoms with Gasteiger partial charge in [0.15, 0.2) is 15.8 Å². The van der Waals surface area contributed by atoms with Crippen molar-refractivity contribution < 1.29 is 8.42 Å². The number of nitrogens with one attached hydrogen (secondary N) is 2. The minimum absolute atomic E-state index is 0.0245. The van der Waals surface area contributed by atoms with Crippen molar-refractivity contribution in [2.45, 2.75) is 24.8 Å². The molecule has 130 valence electrons. The molecule has 0 radical (unpaired) electrons. The largest absolute Gasteiger partial charge is 0.355 e. The number of aryl methyl sites for hydroxylation is 1. The zero-order valence-electron chi connectivity index (χ0n) is 14.0. The first-order valence-corrected chi connectivity index (χ1v) is 10.3. The highest BCUT2D eigenvalue weighted by Crippen LogP contribution is 2.16. The van der Waals surface area contributed by atoms with Gasteiger partial charge in [0.1, 0.15) is 0 Å². The summed E-state index contributed by atoms with van der Waals surface area (Å²) < 4.78 is 24.4. The molecule has 1 aromatic carbocycles. The number of thiophene rings is 1. The molecule has 0 fully saturated rings. The highest BCUT2D eigenvalue weighted by molar-refractivity contribution is 7.91. The van der Waals surface area contributed by atoms with Crippen molar-refractivity contribution >= 4 is 27.1 Å². The Bertz CT molecular complexity index is 768. The van der Waals surface area contributed by atoms with Gasteiger partial charge in [-0.1, -0.05) is 25.1 Å². The lowest BCUT2D eigenvalue weighted by molar-refractivity contribution is 0.594. The topological polar surface area (TPSA) is 70.6 Å². The van der Waals surface area contributed by atoms with Gasteiger partial charge in [-0.05, 0) is 30.7 Å².